The van der Waals surface area contributed by atoms with Gasteiger partial charge in [-0.1, -0.05) is 30.3 Å². The van der Waals surface area contributed by atoms with Gasteiger partial charge in [0.2, 0.25) is 5.91 Å². The van der Waals surface area contributed by atoms with E-state index in [0.29, 0.717) is 5.56 Å². The van der Waals surface area contributed by atoms with Crippen LogP contribution in [-0.2, 0) is 14.6 Å². The number of hydrogen-bond donors (Lipinski definition) is 2. The quantitative estimate of drug-likeness (QED) is 0.766. The van der Waals surface area contributed by atoms with Gasteiger partial charge in [0.25, 0.3) is 0 Å². The zero-order chi connectivity index (χ0) is 12.9. The number of sulfone groups is 1. The Labute approximate surface area is 101 Å². The molecule has 0 fully saturated rings. The summed E-state index contributed by atoms with van der Waals surface area (Å²) >= 11 is 0. The van der Waals surface area contributed by atoms with Gasteiger partial charge in [-0.25, -0.2) is 8.42 Å². The number of nitrogens with one attached hydrogen (secondary N) is 1. The Kier molecular flexibility index (Phi) is 4.65. The lowest BCUT2D eigenvalue weighted by Crippen LogP contribution is -2.36. The highest BCUT2D eigenvalue weighted by molar-refractivity contribution is 7.90. The van der Waals surface area contributed by atoms with Crippen molar-refractivity contribution in [2.24, 2.45) is 5.73 Å². The summed E-state index contributed by atoms with van der Waals surface area (Å²) in [7, 11) is -3.07. The van der Waals surface area contributed by atoms with Crippen molar-refractivity contribution in [3.05, 3.63) is 35.9 Å². The molecule has 0 heterocycles. The Hall–Kier alpha value is -1.40. The molecule has 1 atom stereocenters. The zero-order valence-corrected chi connectivity index (χ0v) is 10.4. The van der Waals surface area contributed by atoms with E-state index in [4.69, 9.17) is 5.73 Å². The van der Waals surface area contributed by atoms with Crippen molar-refractivity contribution in [1.29, 1.82) is 0 Å². The zero-order valence-electron chi connectivity index (χ0n) is 9.59. The number of nitrogens with two attached hydrogens (primary N) is 1. The number of hydrogen-bond acceptors (Lipinski definition) is 4. The molecule has 0 spiro atoms. The maximum Gasteiger partial charge on any atom is 0.241 e. The molecule has 0 aliphatic carbocycles. The lowest BCUT2D eigenvalue weighted by atomic mass is 10.1. The molecule has 0 aliphatic rings. The Morgan fingerprint density at radius 3 is 2.47 bits per heavy atom. The highest BCUT2D eigenvalue weighted by Gasteiger charge is 2.15. The lowest BCUT2D eigenvalue weighted by Gasteiger charge is -2.11. The van der Waals surface area contributed by atoms with Crippen molar-refractivity contribution in [3.8, 4) is 0 Å². The molecule has 6 heteroatoms. The average Bonchev–Trinajstić information content (AvgIpc) is 2.27. The van der Waals surface area contributed by atoms with Crippen LogP contribution < -0.4 is 11.1 Å². The SMILES string of the molecule is CS(=O)(=O)CCNC(=O)C(N)c1ccccc1. The summed E-state index contributed by atoms with van der Waals surface area (Å²) in [6.07, 6.45) is 1.12. The van der Waals surface area contributed by atoms with Crippen molar-refractivity contribution >= 4 is 15.7 Å². The minimum absolute atomic E-state index is 0.0815. The van der Waals surface area contributed by atoms with Gasteiger partial charge in [-0.3, -0.25) is 4.79 Å². The summed E-state index contributed by atoms with van der Waals surface area (Å²) in [5.74, 6) is -0.458. The van der Waals surface area contributed by atoms with Crippen molar-refractivity contribution < 1.29 is 13.2 Å². The molecule has 5 nitrogen and oxygen atoms in total. The van der Waals surface area contributed by atoms with Gasteiger partial charge in [-0.05, 0) is 5.56 Å². The molecular weight excluding hydrogens is 240 g/mol. The second kappa shape index (κ2) is 5.79. The molecule has 1 aromatic carbocycles. The van der Waals surface area contributed by atoms with E-state index in [9.17, 15) is 13.2 Å². The normalized spacial score (nSPS) is 13.1. The summed E-state index contributed by atoms with van der Waals surface area (Å²) in [6, 6.07) is 8.15. The van der Waals surface area contributed by atoms with Crippen LogP contribution in [0.2, 0.25) is 0 Å². The summed E-state index contributed by atoms with van der Waals surface area (Å²) < 4.78 is 21.7. The Balaban J connectivity index is 2.49. The van der Waals surface area contributed by atoms with E-state index in [1.165, 1.54) is 0 Å². The fraction of sp³-hybridized carbons (Fsp3) is 0.364. The molecule has 1 aromatic rings. The number of rotatable bonds is 5. The number of carbonyl (C=O) groups is 1. The maximum absolute atomic E-state index is 11.6. The first-order chi connectivity index (χ1) is 7.90. The second-order valence-electron chi connectivity index (χ2n) is 3.81. The maximum atomic E-state index is 11.6. The first kappa shape index (κ1) is 13.7. The standard InChI is InChI=1S/C11H16N2O3S/c1-17(15,16)8-7-13-11(14)10(12)9-5-3-2-4-6-9/h2-6,10H,7-8,12H2,1H3,(H,13,14). The number of carbonyl (C=O) groups excluding carboxylic acids is 1. The van der Waals surface area contributed by atoms with E-state index in [2.05, 4.69) is 5.32 Å². The van der Waals surface area contributed by atoms with Crippen LogP contribution in [-0.4, -0.2) is 32.9 Å². The van der Waals surface area contributed by atoms with Gasteiger partial charge in [0.1, 0.15) is 15.9 Å². The van der Waals surface area contributed by atoms with E-state index in [-0.39, 0.29) is 18.2 Å². The molecule has 1 unspecified atom stereocenters. The smallest absolute Gasteiger partial charge is 0.241 e. The largest absolute Gasteiger partial charge is 0.353 e. The van der Waals surface area contributed by atoms with Crippen LogP contribution in [0.3, 0.4) is 0 Å². The molecule has 1 amide bonds. The first-order valence-corrected chi connectivity index (χ1v) is 7.22. The van der Waals surface area contributed by atoms with Gasteiger partial charge >= 0.3 is 0 Å². The third-order valence-corrected chi connectivity index (χ3v) is 3.16. The van der Waals surface area contributed by atoms with Crippen LogP contribution in [0.25, 0.3) is 0 Å². The highest BCUT2D eigenvalue weighted by Crippen LogP contribution is 2.08. The molecule has 17 heavy (non-hydrogen) atoms. The Morgan fingerprint density at radius 1 is 1.35 bits per heavy atom. The number of benzene rings is 1. The van der Waals surface area contributed by atoms with Crippen molar-refractivity contribution in [2.75, 3.05) is 18.6 Å². The van der Waals surface area contributed by atoms with Gasteiger partial charge < -0.3 is 11.1 Å². The average molecular weight is 256 g/mol. The van der Waals surface area contributed by atoms with Crippen LogP contribution in [0.1, 0.15) is 11.6 Å². The van der Waals surface area contributed by atoms with E-state index in [1.807, 2.05) is 6.07 Å². The third-order valence-electron chi connectivity index (χ3n) is 2.21. The van der Waals surface area contributed by atoms with Gasteiger partial charge in [0, 0.05) is 12.8 Å². The molecule has 1 rings (SSSR count). The summed E-state index contributed by atoms with van der Waals surface area (Å²) in [5, 5.41) is 2.49. The molecular formula is C11H16N2O3S. The summed E-state index contributed by atoms with van der Waals surface area (Å²) in [4.78, 5) is 11.6. The molecule has 0 saturated carbocycles. The molecule has 0 aromatic heterocycles. The minimum Gasteiger partial charge on any atom is -0.353 e. The van der Waals surface area contributed by atoms with E-state index < -0.39 is 15.9 Å². The van der Waals surface area contributed by atoms with Gasteiger partial charge in [-0.2, -0.15) is 0 Å². The van der Waals surface area contributed by atoms with E-state index >= 15 is 0 Å². The van der Waals surface area contributed by atoms with Crippen LogP contribution in [0.4, 0.5) is 0 Å². The van der Waals surface area contributed by atoms with Crippen LogP contribution in [0.15, 0.2) is 30.3 Å². The molecule has 0 bridgehead atoms. The summed E-state index contributed by atoms with van der Waals surface area (Å²) in [6.45, 7) is 0.0815. The molecule has 94 valence electrons. The topological polar surface area (TPSA) is 89.3 Å². The van der Waals surface area contributed by atoms with Crippen molar-refractivity contribution in [1.82, 2.24) is 5.32 Å². The lowest BCUT2D eigenvalue weighted by molar-refractivity contribution is -0.122. The molecule has 0 radical (unpaired) electrons. The Bertz CT molecular complexity index is 471. The highest BCUT2D eigenvalue weighted by atomic mass is 32.2. The molecule has 0 saturated heterocycles. The first-order valence-electron chi connectivity index (χ1n) is 5.16. The fourth-order valence-corrected chi connectivity index (χ4v) is 1.75. The van der Waals surface area contributed by atoms with Crippen LogP contribution in [0.5, 0.6) is 0 Å². The molecule has 3 N–H and O–H groups in total. The van der Waals surface area contributed by atoms with Crippen LogP contribution >= 0.6 is 0 Å². The van der Waals surface area contributed by atoms with Gasteiger partial charge in [-0.15, -0.1) is 0 Å². The molecule has 0 aliphatic heterocycles. The summed E-state index contributed by atoms with van der Waals surface area (Å²) in [5.41, 5.74) is 6.43. The fourth-order valence-electron chi connectivity index (χ4n) is 1.28. The number of amides is 1. The predicted octanol–water partition coefficient (Wildman–Crippen LogP) is -0.153. The van der Waals surface area contributed by atoms with E-state index in [1.54, 1.807) is 24.3 Å². The predicted molar refractivity (Wildman–Crippen MR) is 66.1 cm³/mol. The Morgan fingerprint density at radius 2 is 1.94 bits per heavy atom. The van der Waals surface area contributed by atoms with Crippen molar-refractivity contribution in [2.45, 2.75) is 6.04 Å². The van der Waals surface area contributed by atoms with Gasteiger partial charge in [0.15, 0.2) is 0 Å². The third kappa shape index (κ3) is 4.97. The second-order valence-corrected chi connectivity index (χ2v) is 6.07. The monoisotopic (exact) mass is 256 g/mol. The minimum atomic E-state index is -3.07. The van der Waals surface area contributed by atoms with Crippen LogP contribution in [0, 0.1) is 0 Å². The van der Waals surface area contributed by atoms with E-state index in [0.717, 1.165) is 6.26 Å². The van der Waals surface area contributed by atoms with Crippen molar-refractivity contribution in [3.63, 3.8) is 0 Å². The van der Waals surface area contributed by atoms with Gasteiger partial charge in [0.05, 0.1) is 5.75 Å².